The van der Waals surface area contributed by atoms with Crippen LogP contribution in [0.15, 0.2) is 11.8 Å². The minimum atomic E-state index is 0.155. The van der Waals surface area contributed by atoms with E-state index >= 15 is 0 Å². The molecule has 2 nitrogen and oxygen atoms in total. The Morgan fingerprint density at radius 1 is 1.25 bits per heavy atom. The highest BCUT2D eigenvalue weighted by atomic mass is 16.2. The largest absolute Gasteiger partial charge is 0.515 e. The third-order valence-corrected chi connectivity index (χ3v) is 3.11. The molecular weight excluding hydrogens is 152 g/mol. The highest BCUT2D eigenvalue weighted by Gasteiger charge is 2.38. The lowest BCUT2D eigenvalue weighted by molar-refractivity contribution is -0.116. The third kappa shape index (κ3) is 1.38. The number of aliphatic hydroxyl groups is 1. The van der Waals surface area contributed by atoms with Gasteiger partial charge in [-0.2, -0.15) is 0 Å². The van der Waals surface area contributed by atoms with Gasteiger partial charge >= 0.3 is 0 Å². The van der Waals surface area contributed by atoms with Crippen LogP contribution in [0, 0.1) is 11.8 Å². The van der Waals surface area contributed by atoms with E-state index in [1.165, 1.54) is 6.42 Å². The fourth-order valence-electron chi connectivity index (χ4n) is 2.11. The Morgan fingerprint density at radius 2 is 1.92 bits per heavy atom. The Morgan fingerprint density at radius 3 is 2.58 bits per heavy atom. The molecule has 0 aromatic heterocycles. The minimum Gasteiger partial charge on any atom is -0.515 e. The van der Waals surface area contributed by atoms with Gasteiger partial charge in [0.2, 0.25) is 0 Å². The van der Waals surface area contributed by atoms with E-state index in [0.717, 1.165) is 37.4 Å². The molecule has 12 heavy (non-hydrogen) atoms. The number of Topliss-reactive ketones (excluding diaryl/α,β-unsaturated/α-hetero) is 1. The predicted octanol–water partition coefficient (Wildman–Crippen LogP) is 2.21. The first-order valence-corrected chi connectivity index (χ1v) is 4.67. The number of hydrogen-bond acceptors (Lipinski definition) is 2. The highest BCUT2D eigenvalue weighted by Crippen LogP contribution is 2.47. The topological polar surface area (TPSA) is 37.3 Å². The number of allylic oxidation sites excluding steroid dienone is 1. The van der Waals surface area contributed by atoms with E-state index in [1.807, 2.05) is 0 Å². The average Bonchev–Trinajstić information content (AvgIpc) is 2.78. The van der Waals surface area contributed by atoms with Crippen LogP contribution in [0.5, 0.6) is 0 Å². The van der Waals surface area contributed by atoms with Gasteiger partial charge in [0.25, 0.3) is 0 Å². The summed E-state index contributed by atoms with van der Waals surface area (Å²) in [6, 6.07) is 0. The van der Waals surface area contributed by atoms with Crippen molar-refractivity contribution in [3.05, 3.63) is 11.8 Å². The Kier molecular flexibility index (Phi) is 1.91. The van der Waals surface area contributed by atoms with E-state index in [0.29, 0.717) is 12.0 Å². The van der Waals surface area contributed by atoms with Gasteiger partial charge in [-0.15, -0.1) is 0 Å². The van der Waals surface area contributed by atoms with Crippen molar-refractivity contribution in [1.82, 2.24) is 0 Å². The van der Waals surface area contributed by atoms with Crippen molar-refractivity contribution in [3.63, 3.8) is 0 Å². The van der Waals surface area contributed by atoms with Crippen LogP contribution in [0.4, 0.5) is 0 Å². The lowest BCUT2D eigenvalue weighted by atomic mass is 9.96. The molecule has 2 aliphatic rings. The minimum absolute atomic E-state index is 0.155. The molecule has 0 amide bonds. The Bertz CT molecular complexity index is 230. The maximum Gasteiger partial charge on any atom is 0.161 e. The van der Waals surface area contributed by atoms with Crippen LogP contribution >= 0.6 is 0 Å². The summed E-state index contributed by atoms with van der Waals surface area (Å²) in [5.74, 6) is 1.84. The summed E-state index contributed by atoms with van der Waals surface area (Å²) in [5.41, 5.74) is 0.639. The van der Waals surface area contributed by atoms with Gasteiger partial charge in [-0.25, -0.2) is 0 Å². The summed E-state index contributed by atoms with van der Waals surface area (Å²) in [6.07, 6.45) is 5.89. The van der Waals surface area contributed by atoms with Crippen LogP contribution in [-0.2, 0) is 4.79 Å². The van der Waals surface area contributed by atoms with Crippen molar-refractivity contribution in [2.45, 2.75) is 32.1 Å². The molecule has 0 spiro atoms. The molecule has 2 saturated carbocycles. The number of aliphatic hydroxyl groups excluding tert-OH is 1. The van der Waals surface area contributed by atoms with Gasteiger partial charge in [-0.1, -0.05) is 0 Å². The Labute approximate surface area is 72.3 Å². The first-order valence-electron chi connectivity index (χ1n) is 4.67. The van der Waals surface area contributed by atoms with Crippen LogP contribution < -0.4 is 0 Å². The van der Waals surface area contributed by atoms with Gasteiger partial charge < -0.3 is 5.11 Å². The molecule has 0 saturated heterocycles. The molecule has 1 N–H and O–H groups in total. The number of rotatable bonds is 0. The third-order valence-electron chi connectivity index (χ3n) is 3.11. The van der Waals surface area contributed by atoms with E-state index in [9.17, 15) is 4.79 Å². The fraction of sp³-hybridized carbons (Fsp3) is 0.700. The molecule has 0 bridgehead atoms. The van der Waals surface area contributed by atoms with E-state index in [2.05, 4.69) is 0 Å². The van der Waals surface area contributed by atoms with Gasteiger partial charge in [0.15, 0.2) is 5.78 Å². The predicted molar refractivity (Wildman–Crippen MR) is 45.8 cm³/mol. The second-order valence-corrected chi connectivity index (χ2v) is 3.91. The lowest BCUT2D eigenvalue weighted by Gasteiger charge is -2.08. The molecule has 0 aromatic rings. The van der Waals surface area contributed by atoms with Gasteiger partial charge in [0.1, 0.15) is 0 Å². The monoisotopic (exact) mass is 166 g/mol. The van der Waals surface area contributed by atoms with E-state index < -0.39 is 0 Å². The van der Waals surface area contributed by atoms with Crippen molar-refractivity contribution < 1.29 is 9.90 Å². The van der Waals surface area contributed by atoms with Crippen LogP contribution in [-0.4, -0.2) is 10.9 Å². The molecule has 0 aromatic carbocycles. The highest BCUT2D eigenvalue weighted by molar-refractivity contribution is 5.95. The van der Waals surface area contributed by atoms with Crippen LogP contribution in [0.3, 0.4) is 0 Å². The second kappa shape index (κ2) is 2.92. The summed E-state index contributed by atoms with van der Waals surface area (Å²) in [7, 11) is 0. The number of fused-ring (bicyclic) bond motifs is 1. The zero-order valence-electron chi connectivity index (χ0n) is 7.12. The summed E-state index contributed by atoms with van der Waals surface area (Å²) >= 11 is 0. The van der Waals surface area contributed by atoms with Crippen molar-refractivity contribution >= 4 is 5.78 Å². The molecule has 2 unspecified atom stereocenters. The van der Waals surface area contributed by atoms with Crippen molar-refractivity contribution in [1.29, 1.82) is 0 Å². The van der Waals surface area contributed by atoms with Crippen LogP contribution in [0.2, 0.25) is 0 Å². The summed E-state index contributed by atoms with van der Waals surface area (Å²) in [5, 5.41) is 8.80. The van der Waals surface area contributed by atoms with Crippen LogP contribution in [0.25, 0.3) is 0 Å². The lowest BCUT2D eigenvalue weighted by Crippen LogP contribution is -2.06. The normalized spacial score (nSPS) is 38.7. The molecule has 2 rings (SSSR count). The molecule has 2 atom stereocenters. The quantitative estimate of drug-likeness (QED) is 0.442. The number of carbonyl (C=O) groups is 1. The zero-order chi connectivity index (χ0) is 8.55. The van der Waals surface area contributed by atoms with Crippen LogP contribution in [0.1, 0.15) is 32.1 Å². The maximum atomic E-state index is 11.3. The number of ketones is 1. The second-order valence-electron chi connectivity index (χ2n) is 3.91. The average molecular weight is 166 g/mol. The van der Waals surface area contributed by atoms with E-state index in [-0.39, 0.29) is 5.78 Å². The smallest absolute Gasteiger partial charge is 0.161 e. The maximum absolute atomic E-state index is 11.3. The molecule has 0 radical (unpaired) electrons. The Hall–Kier alpha value is -0.790. The molecule has 2 heteroatoms. The van der Waals surface area contributed by atoms with Crippen molar-refractivity contribution in [2.24, 2.45) is 11.8 Å². The first kappa shape index (κ1) is 7.84. The zero-order valence-corrected chi connectivity index (χ0v) is 7.12. The number of carbonyl (C=O) groups excluding carboxylic acids is 1. The molecule has 2 fully saturated rings. The van der Waals surface area contributed by atoms with Gasteiger partial charge in [-0.05, 0) is 37.5 Å². The molecule has 0 heterocycles. The first-order chi connectivity index (χ1) is 5.81. The fourth-order valence-corrected chi connectivity index (χ4v) is 2.11. The van der Waals surface area contributed by atoms with E-state index in [4.69, 9.17) is 5.11 Å². The summed E-state index contributed by atoms with van der Waals surface area (Å²) in [4.78, 5) is 11.3. The standard InChI is InChI=1S/C10H14O2/c11-6-9-2-1-7-5-8(7)3-4-10(9)12/h6-8,11H,1-5H2/b9-6-. The molecular formula is C10H14O2. The van der Waals surface area contributed by atoms with Gasteiger partial charge in [0.05, 0.1) is 6.26 Å². The SMILES string of the molecule is O=C1CCC2CC2CC/C1=C/O. The molecule has 0 aliphatic heterocycles. The van der Waals surface area contributed by atoms with Crippen molar-refractivity contribution in [3.8, 4) is 0 Å². The van der Waals surface area contributed by atoms with E-state index in [1.54, 1.807) is 0 Å². The summed E-state index contributed by atoms with van der Waals surface area (Å²) < 4.78 is 0. The van der Waals surface area contributed by atoms with Gasteiger partial charge in [0, 0.05) is 12.0 Å². The molecule has 2 aliphatic carbocycles. The molecule has 66 valence electrons. The Balaban J connectivity index is 2.03. The van der Waals surface area contributed by atoms with Gasteiger partial charge in [-0.3, -0.25) is 4.79 Å². The van der Waals surface area contributed by atoms with Crippen molar-refractivity contribution in [2.75, 3.05) is 0 Å². The number of hydrogen-bond donors (Lipinski definition) is 1. The summed E-state index contributed by atoms with van der Waals surface area (Å²) in [6.45, 7) is 0.